The molecule has 1 atom stereocenters. The molecule has 7 heteroatoms. The number of hydrogen-bond acceptors (Lipinski definition) is 3. The highest BCUT2D eigenvalue weighted by atomic mass is 32.2. The number of hydrogen-bond donors (Lipinski definition) is 1. The molecule has 0 aliphatic heterocycles. The van der Waals surface area contributed by atoms with E-state index in [4.69, 9.17) is 5.26 Å². The standard InChI is InChI=1S/C10H10F2N2O2S/c1-2-8(6-13)14-17(15,16)10-5-7(11)3-4-9(10)12/h3-5,8,14H,2H2,1H3. The van der Waals surface area contributed by atoms with E-state index in [0.717, 1.165) is 12.1 Å². The van der Waals surface area contributed by atoms with E-state index in [2.05, 4.69) is 0 Å². The molecular weight excluding hydrogens is 250 g/mol. The highest BCUT2D eigenvalue weighted by Gasteiger charge is 2.22. The van der Waals surface area contributed by atoms with Crippen molar-refractivity contribution in [3.05, 3.63) is 29.8 Å². The van der Waals surface area contributed by atoms with Crippen molar-refractivity contribution in [1.82, 2.24) is 4.72 Å². The van der Waals surface area contributed by atoms with Gasteiger partial charge in [-0.25, -0.2) is 17.2 Å². The first-order valence-electron chi connectivity index (χ1n) is 4.77. The first-order chi connectivity index (χ1) is 7.90. The van der Waals surface area contributed by atoms with Crippen LogP contribution in [0.5, 0.6) is 0 Å². The summed E-state index contributed by atoms with van der Waals surface area (Å²) < 4.78 is 51.4. The number of nitrogens with one attached hydrogen (secondary N) is 1. The molecule has 0 fully saturated rings. The molecular formula is C10H10F2N2O2S. The second-order valence-electron chi connectivity index (χ2n) is 3.29. The summed E-state index contributed by atoms with van der Waals surface area (Å²) in [5, 5.41) is 8.62. The van der Waals surface area contributed by atoms with Gasteiger partial charge in [-0.1, -0.05) is 6.92 Å². The van der Waals surface area contributed by atoms with Crippen LogP contribution in [0.15, 0.2) is 23.1 Å². The van der Waals surface area contributed by atoms with E-state index in [9.17, 15) is 17.2 Å². The Kier molecular flexibility index (Phi) is 4.15. The van der Waals surface area contributed by atoms with Gasteiger partial charge in [0.05, 0.1) is 6.07 Å². The summed E-state index contributed by atoms with van der Waals surface area (Å²) in [6.07, 6.45) is 0.229. The maximum absolute atomic E-state index is 13.3. The molecule has 0 saturated carbocycles. The third kappa shape index (κ3) is 3.22. The van der Waals surface area contributed by atoms with Crippen LogP contribution < -0.4 is 4.72 Å². The molecule has 1 aromatic carbocycles. The van der Waals surface area contributed by atoms with E-state index in [1.165, 1.54) is 0 Å². The van der Waals surface area contributed by atoms with Crippen LogP contribution >= 0.6 is 0 Å². The molecule has 0 radical (unpaired) electrons. The van der Waals surface area contributed by atoms with Crippen LogP contribution in [0.3, 0.4) is 0 Å². The SMILES string of the molecule is CCC(C#N)NS(=O)(=O)c1cc(F)ccc1F. The summed E-state index contributed by atoms with van der Waals surface area (Å²) in [5.74, 6) is -1.93. The highest BCUT2D eigenvalue weighted by Crippen LogP contribution is 2.16. The van der Waals surface area contributed by atoms with Crippen LogP contribution in [0.25, 0.3) is 0 Å². The van der Waals surface area contributed by atoms with Crippen molar-refractivity contribution in [2.24, 2.45) is 0 Å². The van der Waals surface area contributed by atoms with Gasteiger partial charge in [0.1, 0.15) is 22.6 Å². The fourth-order valence-corrected chi connectivity index (χ4v) is 2.45. The van der Waals surface area contributed by atoms with Crippen molar-refractivity contribution in [1.29, 1.82) is 5.26 Å². The van der Waals surface area contributed by atoms with Crippen LogP contribution in [0.2, 0.25) is 0 Å². The number of rotatable bonds is 4. The van der Waals surface area contributed by atoms with Gasteiger partial charge in [-0.05, 0) is 24.6 Å². The second kappa shape index (κ2) is 5.21. The van der Waals surface area contributed by atoms with E-state index >= 15 is 0 Å². The molecule has 0 aliphatic carbocycles. The van der Waals surface area contributed by atoms with Crippen molar-refractivity contribution in [2.75, 3.05) is 0 Å². The molecule has 0 saturated heterocycles. The summed E-state index contributed by atoms with van der Waals surface area (Å²) in [6, 6.07) is 2.84. The largest absolute Gasteiger partial charge is 0.244 e. The topological polar surface area (TPSA) is 70.0 Å². The Hall–Kier alpha value is -1.52. The normalized spacial score (nSPS) is 13.1. The number of benzene rings is 1. The summed E-state index contributed by atoms with van der Waals surface area (Å²) in [4.78, 5) is -0.800. The lowest BCUT2D eigenvalue weighted by Crippen LogP contribution is -2.33. The Morgan fingerprint density at radius 2 is 2.12 bits per heavy atom. The Balaban J connectivity index is 3.14. The summed E-state index contributed by atoms with van der Waals surface area (Å²) in [6.45, 7) is 1.60. The molecule has 0 aromatic heterocycles. The molecule has 4 nitrogen and oxygen atoms in total. The molecule has 0 heterocycles. The van der Waals surface area contributed by atoms with Crippen molar-refractivity contribution in [3.63, 3.8) is 0 Å². The molecule has 17 heavy (non-hydrogen) atoms. The van der Waals surface area contributed by atoms with Gasteiger partial charge < -0.3 is 0 Å². The monoisotopic (exact) mass is 260 g/mol. The van der Waals surface area contributed by atoms with Gasteiger partial charge >= 0.3 is 0 Å². The van der Waals surface area contributed by atoms with Crippen molar-refractivity contribution >= 4 is 10.0 Å². The predicted molar refractivity (Wildman–Crippen MR) is 56.4 cm³/mol. The molecule has 0 spiro atoms. The summed E-state index contributed by atoms with van der Waals surface area (Å²) in [7, 11) is -4.22. The quantitative estimate of drug-likeness (QED) is 0.892. The van der Waals surface area contributed by atoms with Crippen molar-refractivity contribution in [2.45, 2.75) is 24.3 Å². The Bertz CT molecular complexity index is 552. The number of halogens is 2. The fraction of sp³-hybridized carbons (Fsp3) is 0.300. The minimum atomic E-state index is -4.22. The first-order valence-corrected chi connectivity index (χ1v) is 6.26. The lowest BCUT2D eigenvalue weighted by molar-refractivity contribution is 0.539. The lowest BCUT2D eigenvalue weighted by Gasteiger charge is -2.10. The van der Waals surface area contributed by atoms with E-state index in [1.54, 1.807) is 13.0 Å². The third-order valence-electron chi connectivity index (χ3n) is 2.04. The fourth-order valence-electron chi connectivity index (χ4n) is 1.13. The minimum absolute atomic E-state index is 0.229. The average Bonchev–Trinajstić information content (AvgIpc) is 2.29. The van der Waals surface area contributed by atoms with Gasteiger partial charge in [0.25, 0.3) is 0 Å². The number of nitriles is 1. The van der Waals surface area contributed by atoms with Gasteiger partial charge in [-0.2, -0.15) is 9.98 Å². The summed E-state index contributed by atoms with van der Waals surface area (Å²) >= 11 is 0. The van der Waals surface area contributed by atoms with E-state index in [0.29, 0.717) is 6.07 Å². The molecule has 0 amide bonds. The molecule has 0 aliphatic rings. The van der Waals surface area contributed by atoms with Gasteiger partial charge in [-0.3, -0.25) is 0 Å². The first kappa shape index (κ1) is 13.5. The Labute approximate surface area is 97.9 Å². The van der Waals surface area contributed by atoms with Crippen LogP contribution in [0, 0.1) is 23.0 Å². The van der Waals surface area contributed by atoms with Gasteiger partial charge in [-0.15, -0.1) is 0 Å². The zero-order valence-electron chi connectivity index (χ0n) is 8.94. The molecule has 1 aromatic rings. The maximum atomic E-state index is 13.3. The smallest absolute Gasteiger partial charge is 0.207 e. The van der Waals surface area contributed by atoms with E-state index < -0.39 is 32.6 Å². The van der Waals surface area contributed by atoms with Crippen LogP contribution in [0.4, 0.5) is 8.78 Å². The zero-order valence-corrected chi connectivity index (χ0v) is 9.76. The molecule has 0 bridgehead atoms. The Morgan fingerprint density at radius 1 is 1.47 bits per heavy atom. The molecule has 92 valence electrons. The van der Waals surface area contributed by atoms with Gasteiger partial charge in [0, 0.05) is 0 Å². The van der Waals surface area contributed by atoms with E-state index in [-0.39, 0.29) is 6.42 Å². The number of sulfonamides is 1. The Morgan fingerprint density at radius 3 is 2.65 bits per heavy atom. The van der Waals surface area contributed by atoms with Crippen LogP contribution in [-0.4, -0.2) is 14.5 Å². The lowest BCUT2D eigenvalue weighted by atomic mass is 10.3. The van der Waals surface area contributed by atoms with Gasteiger partial charge in [0.2, 0.25) is 10.0 Å². The maximum Gasteiger partial charge on any atom is 0.244 e. The van der Waals surface area contributed by atoms with Crippen molar-refractivity contribution < 1.29 is 17.2 Å². The summed E-state index contributed by atoms with van der Waals surface area (Å²) in [5.41, 5.74) is 0. The predicted octanol–water partition coefficient (Wildman–Crippen LogP) is 1.55. The average molecular weight is 260 g/mol. The molecule has 1 N–H and O–H groups in total. The second-order valence-corrected chi connectivity index (χ2v) is 4.97. The van der Waals surface area contributed by atoms with E-state index in [1.807, 2.05) is 4.72 Å². The molecule has 1 unspecified atom stereocenters. The third-order valence-corrected chi connectivity index (χ3v) is 3.53. The van der Waals surface area contributed by atoms with Crippen LogP contribution in [0.1, 0.15) is 13.3 Å². The zero-order chi connectivity index (χ0) is 13.1. The van der Waals surface area contributed by atoms with Crippen molar-refractivity contribution in [3.8, 4) is 6.07 Å². The van der Waals surface area contributed by atoms with Gasteiger partial charge in [0.15, 0.2) is 0 Å². The highest BCUT2D eigenvalue weighted by molar-refractivity contribution is 7.89. The van der Waals surface area contributed by atoms with Crippen LogP contribution in [-0.2, 0) is 10.0 Å². The molecule has 1 rings (SSSR count). The minimum Gasteiger partial charge on any atom is -0.207 e. The number of nitrogens with zero attached hydrogens (tertiary/aromatic N) is 1.